The van der Waals surface area contributed by atoms with Crippen molar-refractivity contribution in [3.05, 3.63) is 45.0 Å². The minimum atomic E-state index is -0.506. The number of hydrogen-bond donors (Lipinski definition) is 0. The van der Waals surface area contributed by atoms with Crippen LogP contribution in [-0.4, -0.2) is 32.0 Å². The van der Waals surface area contributed by atoms with Crippen LogP contribution in [0, 0.1) is 13.8 Å². The first kappa shape index (κ1) is 14.5. The van der Waals surface area contributed by atoms with Gasteiger partial charge in [0.25, 0.3) is 0 Å². The van der Waals surface area contributed by atoms with E-state index in [1.165, 1.54) is 6.20 Å². The molecule has 102 valence electrons. The van der Waals surface area contributed by atoms with Crippen LogP contribution in [0.5, 0.6) is 0 Å². The summed E-state index contributed by atoms with van der Waals surface area (Å²) in [6, 6.07) is 0. The number of carbonyl (C=O) groups is 2. The molecule has 0 unspecified atom stereocenters. The average molecular weight is 311 g/mol. The average Bonchev–Trinajstić information content (AvgIpc) is 2.37. The van der Waals surface area contributed by atoms with Gasteiger partial charge >= 0.3 is 0 Å². The molecule has 0 amide bonds. The number of halogens is 2. The van der Waals surface area contributed by atoms with E-state index in [9.17, 15) is 9.59 Å². The van der Waals surface area contributed by atoms with Gasteiger partial charge in [0.15, 0.2) is 6.29 Å². The fourth-order valence-electron chi connectivity index (χ4n) is 1.61. The third-order valence-electron chi connectivity index (χ3n) is 2.54. The second kappa shape index (κ2) is 5.60. The number of rotatable bonds is 3. The maximum atomic E-state index is 12.4. The van der Waals surface area contributed by atoms with Crippen LogP contribution in [-0.2, 0) is 0 Å². The monoisotopic (exact) mass is 310 g/mol. The Morgan fingerprint density at radius 3 is 2.50 bits per heavy atom. The summed E-state index contributed by atoms with van der Waals surface area (Å²) < 4.78 is 0. The van der Waals surface area contributed by atoms with Crippen LogP contribution in [0.4, 0.5) is 0 Å². The lowest BCUT2D eigenvalue weighted by Crippen LogP contribution is -2.13. The van der Waals surface area contributed by atoms with Crippen LogP contribution < -0.4 is 0 Å². The van der Waals surface area contributed by atoms with Crippen molar-refractivity contribution >= 4 is 35.3 Å². The van der Waals surface area contributed by atoms with Gasteiger partial charge in [0.05, 0.1) is 16.8 Å². The Bertz CT molecular complexity index is 719. The number of hydrogen-bond acceptors (Lipinski definition) is 6. The molecule has 0 atom stereocenters. The minimum absolute atomic E-state index is 0.0339. The molecule has 2 aromatic heterocycles. The van der Waals surface area contributed by atoms with Gasteiger partial charge in [0.1, 0.15) is 16.7 Å². The van der Waals surface area contributed by atoms with Crippen molar-refractivity contribution in [1.29, 1.82) is 0 Å². The van der Waals surface area contributed by atoms with Gasteiger partial charge in [-0.2, -0.15) is 0 Å². The van der Waals surface area contributed by atoms with Crippen molar-refractivity contribution in [3.8, 4) is 0 Å². The summed E-state index contributed by atoms with van der Waals surface area (Å²) in [5.41, 5.74) is 0.453. The van der Waals surface area contributed by atoms with Gasteiger partial charge < -0.3 is 0 Å². The molecular formula is C12H8Cl2N4O2. The fourth-order valence-corrected chi connectivity index (χ4v) is 2.05. The van der Waals surface area contributed by atoms with E-state index in [2.05, 4.69) is 19.9 Å². The van der Waals surface area contributed by atoms with Crippen molar-refractivity contribution in [2.45, 2.75) is 13.8 Å². The quantitative estimate of drug-likeness (QED) is 0.374. The van der Waals surface area contributed by atoms with Crippen LogP contribution in [0.1, 0.15) is 37.9 Å². The van der Waals surface area contributed by atoms with Gasteiger partial charge in [0.2, 0.25) is 11.1 Å². The SMILES string of the molecule is Cc1nc(Cl)c(C=O)c(C(=O)c2cnc(Cl)nc2C)n1. The number of nitrogens with zero attached hydrogens (tertiary/aromatic N) is 4. The van der Waals surface area contributed by atoms with E-state index in [0.29, 0.717) is 12.0 Å². The first-order chi connectivity index (χ1) is 9.43. The van der Waals surface area contributed by atoms with Gasteiger partial charge in [-0.05, 0) is 25.4 Å². The molecule has 0 aliphatic rings. The van der Waals surface area contributed by atoms with Gasteiger partial charge in [-0.3, -0.25) is 9.59 Å². The summed E-state index contributed by atoms with van der Waals surface area (Å²) in [5, 5.41) is -0.0325. The van der Waals surface area contributed by atoms with Gasteiger partial charge in [-0.15, -0.1) is 0 Å². The van der Waals surface area contributed by atoms with E-state index in [4.69, 9.17) is 23.2 Å². The summed E-state index contributed by atoms with van der Waals surface area (Å²) in [6.07, 6.45) is 1.73. The van der Waals surface area contributed by atoms with E-state index in [1.807, 2.05) is 0 Å². The Morgan fingerprint density at radius 2 is 1.90 bits per heavy atom. The molecule has 8 heteroatoms. The van der Waals surface area contributed by atoms with Crippen LogP contribution in [0.15, 0.2) is 6.20 Å². The fraction of sp³-hybridized carbons (Fsp3) is 0.167. The lowest BCUT2D eigenvalue weighted by atomic mass is 10.1. The summed E-state index contributed by atoms with van der Waals surface area (Å²) in [5.74, 6) is -0.217. The molecule has 2 heterocycles. The van der Waals surface area contributed by atoms with Crippen molar-refractivity contribution in [3.63, 3.8) is 0 Å². The Kier molecular flexibility index (Phi) is 4.06. The zero-order valence-corrected chi connectivity index (χ0v) is 12.0. The smallest absolute Gasteiger partial charge is 0.222 e. The molecule has 6 nitrogen and oxygen atoms in total. The standard InChI is InChI=1S/C12H8Cl2N4O2/c1-5-7(3-15-12(14)16-5)10(20)9-8(4-19)11(13)18-6(2)17-9/h3-4H,1-2H3. The Balaban J connectivity index is 2.61. The number of ketones is 1. The highest BCUT2D eigenvalue weighted by atomic mass is 35.5. The first-order valence-electron chi connectivity index (χ1n) is 5.47. The number of aryl methyl sites for hydroxylation is 2. The molecule has 0 fully saturated rings. The van der Waals surface area contributed by atoms with Gasteiger partial charge in [-0.25, -0.2) is 19.9 Å². The molecule has 2 aromatic rings. The lowest BCUT2D eigenvalue weighted by molar-refractivity contribution is 0.102. The maximum absolute atomic E-state index is 12.4. The van der Waals surface area contributed by atoms with E-state index in [1.54, 1.807) is 13.8 Å². The Morgan fingerprint density at radius 1 is 1.20 bits per heavy atom. The topological polar surface area (TPSA) is 85.7 Å². The van der Waals surface area contributed by atoms with E-state index in [0.717, 1.165) is 0 Å². The normalized spacial score (nSPS) is 10.4. The zero-order chi connectivity index (χ0) is 14.9. The second-order valence-electron chi connectivity index (χ2n) is 3.91. The molecule has 20 heavy (non-hydrogen) atoms. The first-order valence-corrected chi connectivity index (χ1v) is 6.22. The summed E-state index contributed by atoms with van der Waals surface area (Å²) in [6.45, 7) is 3.18. The van der Waals surface area contributed by atoms with Crippen molar-refractivity contribution < 1.29 is 9.59 Å². The molecular weight excluding hydrogens is 303 g/mol. The summed E-state index contributed by atoms with van der Waals surface area (Å²) >= 11 is 11.5. The highest BCUT2D eigenvalue weighted by Gasteiger charge is 2.21. The molecule has 2 rings (SSSR count). The minimum Gasteiger partial charge on any atom is -0.298 e. The highest BCUT2D eigenvalue weighted by molar-refractivity contribution is 6.32. The molecule has 0 spiro atoms. The third kappa shape index (κ3) is 2.66. The largest absolute Gasteiger partial charge is 0.298 e. The molecule has 0 saturated carbocycles. The van der Waals surface area contributed by atoms with Crippen molar-refractivity contribution in [2.75, 3.05) is 0 Å². The third-order valence-corrected chi connectivity index (χ3v) is 3.01. The highest BCUT2D eigenvalue weighted by Crippen LogP contribution is 2.19. The molecule has 0 saturated heterocycles. The lowest BCUT2D eigenvalue weighted by Gasteiger charge is -2.07. The van der Waals surface area contributed by atoms with E-state index >= 15 is 0 Å². The van der Waals surface area contributed by atoms with E-state index in [-0.39, 0.29) is 33.1 Å². The van der Waals surface area contributed by atoms with Gasteiger partial charge in [-0.1, -0.05) is 11.6 Å². The van der Waals surface area contributed by atoms with Crippen LogP contribution in [0.25, 0.3) is 0 Å². The summed E-state index contributed by atoms with van der Waals surface area (Å²) in [7, 11) is 0. The van der Waals surface area contributed by atoms with Crippen LogP contribution in [0.2, 0.25) is 10.4 Å². The van der Waals surface area contributed by atoms with Crippen LogP contribution >= 0.6 is 23.2 Å². The predicted molar refractivity (Wildman–Crippen MR) is 72.4 cm³/mol. The number of aldehydes is 1. The Hall–Kier alpha value is -1.92. The molecule has 0 aliphatic heterocycles. The second-order valence-corrected chi connectivity index (χ2v) is 4.61. The van der Waals surface area contributed by atoms with Gasteiger partial charge in [0, 0.05) is 6.20 Å². The van der Waals surface area contributed by atoms with Crippen LogP contribution in [0.3, 0.4) is 0 Å². The molecule has 0 N–H and O–H groups in total. The summed E-state index contributed by atoms with van der Waals surface area (Å²) in [4.78, 5) is 39.0. The maximum Gasteiger partial charge on any atom is 0.222 e. The van der Waals surface area contributed by atoms with Crippen molar-refractivity contribution in [2.24, 2.45) is 0 Å². The molecule has 0 bridgehead atoms. The predicted octanol–water partition coefficient (Wildman–Crippen LogP) is 2.23. The Labute approximate surface area is 124 Å². The van der Waals surface area contributed by atoms with Crippen molar-refractivity contribution in [1.82, 2.24) is 19.9 Å². The molecule has 0 radical (unpaired) electrons. The zero-order valence-electron chi connectivity index (χ0n) is 10.5. The molecule has 0 aromatic carbocycles. The number of carbonyl (C=O) groups excluding carboxylic acids is 2. The molecule has 0 aliphatic carbocycles. The number of aromatic nitrogens is 4. The van der Waals surface area contributed by atoms with E-state index < -0.39 is 5.78 Å².